The minimum absolute atomic E-state index is 0.478. The van der Waals surface area contributed by atoms with Gasteiger partial charge in [0.1, 0.15) is 17.5 Å². The lowest BCUT2D eigenvalue weighted by Gasteiger charge is -2.31. The van der Waals surface area contributed by atoms with Gasteiger partial charge in [0.2, 0.25) is 5.13 Å². The molecule has 0 N–H and O–H groups in total. The monoisotopic (exact) mass is 344 g/mol. The molecule has 2 aromatic heterocycles. The van der Waals surface area contributed by atoms with Gasteiger partial charge in [-0.25, -0.2) is 4.98 Å². The fourth-order valence-corrected chi connectivity index (χ4v) is 4.81. The summed E-state index contributed by atoms with van der Waals surface area (Å²) in [4.78, 5) is 7.23. The maximum atomic E-state index is 4.80. The van der Waals surface area contributed by atoms with Crippen LogP contribution in [0.2, 0.25) is 0 Å². The van der Waals surface area contributed by atoms with Crippen molar-refractivity contribution in [3.05, 3.63) is 17.5 Å². The van der Waals surface area contributed by atoms with Crippen LogP contribution in [0.15, 0.2) is 0 Å². The highest BCUT2D eigenvalue weighted by Crippen LogP contribution is 2.40. The zero-order valence-electron chi connectivity index (χ0n) is 14.0. The molecule has 1 saturated heterocycles. The second kappa shape index (κ2) is 6.10. The summed E-state index contributed by atoms with van der Waals surface area (Å²) < 4.78 is 6.99. The van der Waals surface area contributed by atoms with E-state index in [-0.39, 0.29) is 0 Å². The van der Waals surface area contributed by atoms with Crippen LogP contribution >= 0.6 is 11.5 Å². The Morgan fingerprint density at radius 3 is 2.79 bits per heavy atom. The van der Waals surface area contributed by atoms with Gasteiger partial charge in [-0.05, 0) is 38.5 Å². The molecule has 1 atom stereocenters. The van der Waals surface area contributed by atoms with Crippen LogP contribution in [-0.2, 0) is 13.0 Å². The third-order valence-electron chi connectivity index (χ3n) is 5.57. The average Bonchev–Trinajstić information content (AvgIpc) is 3.29. The molecule has 0 spiro atoms. The molecule has 6 nitrogen and oxygen atoms in total. The summed E-state index contributed by atoms with van der Waals surface area (Å²) in [5.41, 5.74) is 0. The van der Waals surface area contributed by atoms with E-state index in [0.717, 1.165) is 37.0 Å². The summed E-state index contributed by atoms with van der Waals surface area (Å²) in [7, 11) is 0. The Morgan fingerprint density at radius 2 is 1.88 bits per heavy atom. The summed E-state index contributed by atoms with van der Waals surface area (Å²) >= 11 is 1.58. The Morgan fingerprint density at radius 1 is 0.917 bits per heavy atom. The summed E-state index contributed by atoms with van der Waals surface area (Å²) in [6.45, 7) is 3.20. The predicted molar refractivity (Wildman–Crippen MR) is 93.6 cm³/mol. The first-order valence-corrected chi connectivity index (χ1v) is 10.2. The molecular formula is C17H24N6S. The molecule has 2 aliphatic heterocycles. The van der Waals surface area contributed by atoms with Crippen molar-refractivity contribution >= 4 is 16.7 Å². The van der Waals surface area contributed by atoms with E-state index in [9.17, 15) is 0 Å². The Kier molecular flexibility index (Phi) is 3.76. The van der Waals surface area contributed by atoms with Crippen LogP contribution in [0.5, 0.6) is 0 Å². The van der Waals surface area contributed by atoms with Gasteiger partial charge in [-0.1, -0.05) is 6.42 Å². The summed E-state index contributed by atoms with van der Waals surface area (Å²) in [5, 5.41) is 10.2. The summed E-state index contributed by atoms with van der Waals surface area (Å²) in [6.07, 6.45) is 9.86. The molecule has 1 saturated carbocycles. The molecule has 0 bridgehead atoms. The number of hydrogen-bond donors (Lipinski definition) is 0. The molecule has 2 aromatic rings. The minimum atomic E-state index is 0.478. The topological polar surface area (TPSA) is 59.7 Å². The molecule has 1 aliphatic carbocycles. The number of aromatic nitrogens is 5. The van der Waals surface area contributed by atoms with E-state index in [1.54, 1.807) is 11.5 Å². The van der Waals surface area contributed by atoms with Crippen LogP contribution in [0.25, 0.3) is 0 Å². The number of anilines is 1. The quantitative estimate of drug-likeness (QED) is 0.856. The van der Waals surface area contributed by atoms with Crippen molar-refractivity contribution in [2.24, 2.45) is 0 Å². The van der Waals surface area contributed by atoms with Gasteiger partial charge >= 0.3 is 0 Å². The van der Waals surface area contributed by atoms with Gasteiger partial charge in [0.05, 0.1) is 0 Å². The lowest BCUT2D eigenvalue weighted by atomic mass is 9.97. The lowest BCUT2D eigenvalue weighted by molar-refractivity contribution is 0.465. The Bertz CT molecular complexity index is 718. The van der Waals surface area contributed by atoms with Gasteiger partial charge in [-0.15, -0.1) is 10.2 Å². The molecule has 0 radical (unpaired) electrons. The Labute approximate surface area is 146 Å². The first-order valence-electron chi connectivity index (χ1n) is 9.39. The van der Waals surface area contributed by atoms with Gasteiger partial charge < -0.3 is 9.47 Å². The van der Waals surface area contributed by atoms with Crippen LogP contribution in [0, 0.1) is 0 Å². The number of rotatable bonds is 3. The highest BCUT2D eigenvalue weighted by atomic mass is 32.1. The van der Waals surface area contributed by atoms with Crippen LogP contribution in [-0.4, -0.2) is 37.2 Å². The van der Waals surface area contributed by atoms with Crippen molar-refractivity contribution in [2.45, 2.75) is 69.7 Å². The fraction of sp³-hybridized carbons (Fsp3) is 0.765. The van der Waals surface area contributed by atoms with E-state index in [4.69, 9.17) is 4.98 Å². The predicted octanol–water partition coefficient (Wildman–Crippen LogP) is 3.12. The molecule has 5 rings (SSSR count). The molecule has 24 heavy (non-hydrogen) atoms. The van der Waals surface area contributed by atoms with Crippen molar-refractivity contribution in [1.82, 2.24) is 24.1 Å². The molecule has 7 heteroatoms. The molecule has 2 fully saturated rings. The van der Waals surface area contributed by atoms with Crippen molar-refractivity contribution < 1.29 is 0 Å². The van der Waals surface area contributed by atoms with E-state index in [2.05, 4.69) is 24.0 Å². The normalized spacial score (nSPS) is 24.7. The van der Waals surface area contributed by atoms with E-state index in [1.165, 1.54) is 56.6 Å². The summed E-state index contributed by atoms with van der Waals surface area (Å²) in [5.74, 6) is 4.61. The molecule has 0 amide bonds. The second-order valence-corrected chi connectivity index (χ2v) is 8.16. The standard InChI is InChI=1S/C17H24N6S/c1-2-6-14-19-20-16(23(14)10-3-1)13-5-4-9-22(11-13)17-18-15(21-24-17)12-7-8-12/h12-13H,1-11H2/t13-/m1/s1. The van der Waals surface area contributed by atoms with Gasteiger partial charge in [0.25, 0.3) is 0 Å². The second-order valence-electron chi connectivity index (χ2n) is 7.43. The van der Waals surface area contributed by atoms with Crippen molar-refractivity contribution in [3.8, 4) is 0 Å². The molecule has 4 heterocycles. The average molecular weight is 344 g/mol. The van der Waals surface area contributed by atoms with Gasteiger partial charge in [0, 0.05) is 49.4 Å². The van der Waals surface area contributed by atoms with E-state index >= 15 is 0 Å². The van der Waals surface area contributed by atoms with Crippen molar-refractivity contribution in [1.29, 1.82) is 0 Å². The lowest BCUT2D eigenvalue weighted by Crippen LogP contribution is -2.35. The van der Waals surface area contributed by atoms with Crippen LogP contribution in [0.4, 0.5) is 5.13 Å². The molecular weight excluding hydrogens is 320 g/mol. The molecule has 3 aliphatic rings. The maximum absolute atomic E-state index is 4.80. The zero-order chi connectivity index (χ0) is 15.9. The van der Waals surface area contributed by atoms with Crippen molar-refractivity contribution in [3.63, 3.8) is 0 Å². The minimum Gasteiger partial charge on any atom is -0.346 e. The third-order valence-corrected chi connectivity index (χ3v) is 6.36. The SMILES string of the molecule is C1CCc2nnc([C@@H]3CCCN(c4nc(C5CC5)ns4)C3)n2CC1. The first-order chi connectivity index (χ1) is 11.9. The number of hydrogen-bond acceptors (Lipinski definition) is 6. The molecule has 128 valence electrons. The van der Waals surface area contributed by atoms with Crippen LogP contribution in [0.3, 0.4) is 0 Å². The van der Waals surface area contributed by atoms with Gasteiger partial charge in [-0.3, -0.25) is 0 Å². The van der Waals surface area contributed by atoms with Crippen molar-refractivity contribution in [2.75, 3.05) is 18.0 Å². The number of piperidine rings is 1. The smallest absolute Gasteiger partial charge is 0.205 e. The third kappa shape index (κ3) is 2.72. The first kappa shape index (κ1) is 14.8. The van der Waals surface area contributed by atoms with Crippen LogP contribution in [0.1, 0.15) is 74.3 Å². The van der Waals surface area contributed by atoms with Gasteiger partial charge in [0.15, 0.2) is 0 Å². The molecule has 0 aromatic carbocycles. The molecule has 0 unspecified atom stereocenters. The highest BCUT2D eigenvalue weighted by Gasteiger charge is 2.31. The van der Waals surface area contributed by atoms with E-state index in [1.807, 2.05) is 0 Å². The van der Waals surface area contributed by atoms with E-state index < -0.39 is 0 Å². The maximum Gasteiger partial charge on any atom is 0.205 e. The number of aryl methyl sites for hydroxylation is 1. The zero-order valence-corrected chi connectivity index (χ0v) is 14.8. The highest BCUT2D eigenvalue weighted by molar-refractivity contribution is 7.09. The largest absolute Gasteiger partial charge is 0.346 e. The fourth-order valence-electron chi connectivity index (χ4n) is 4.03. The van der Waals surface area contributed by atoms with E-state index in [0.29, 0.717) is 11.8 Å². The Hall–Kier alpha value is -1.50. The summed E-state index contributed by atoms with van der Waals surface area (Å²) in [6, 6.07) is 0. The van der Waals surface area contributed by atoms with Crippen LogP contribution < -0.4 is 4.90 Å². The van der Waals surface area contributed by atoms with Gasteiger partial charge in [-0.2, -0.15) is 4.37 Å². The number of fused-ring (bicyclic) bond motifs is 1. The Balaban J connectivity index is 1.36. The number of nitrogens with zero attached hydrogens (tertiary/aromatic N) is 6.